The maximum atomic E-state index is 4.98. The molecule has 0 aliphatic carbocycles. The number of fused-ring (bicyclic) bond motifs is 1. The zero-order valence-corrected chi connectivity index (χ0v) is 10.6. The van der Waals surface area contributed by atoms with Crippen molar-refractivity contribution in [1.82, 2.24) is 15.2 Å². The van der Waals surface area contributed by atoms with Crippen LogP contribution in [-0.2, 0) is 0 Å². The highest BCUT2D eigenvalue weighted by Crippen LogP contribution is 2.28. The standard InChI is InChI=1S/C13H11N3OS/c1-17-11-6-7-12(16-15-11)18-13-8-9-4-2-3-5-10(9)14-13/h2-8,14H,1H3. The number of ether oxygens (including phenoxy) is 1. The Balaban J connectivity index is 1.86. The molecule has 2 aromatic heterocycles. The number of H-pyrrole nitrogens is 1. The van der Waals surface area contributed by atoms with Gasteiger partial charge >= 0.3 is 0 Å². The van der Waals surface area contributed by atoms with Crippen molar-refractivity contribution < 1.29 is 4.74 Å². The normalized spacial score (nSPS) is 10.7. The Morgan fingerprint density at radius 1 is 1.11 bits per heavy atom. The van der Waals surface area contributed by atoms with E-state index in [1.54, 1.807) is 24.9 Å². The van der Waals surface area contributed by atoms with E-state index in [2.05, 4.69) is 33.4 Å². The molecule has 4 nitrogen and oxygen atoms in total. The van der Waals surface area contributed by atoms with Crippen LogP contribution in [-0.4, -0.2) is 22.3 Å². The lowest BCUT2D eigenvalue weighted by Crippen LogP contribution is -1.90. The van der Waals surface area contributed by atoms with E-state index in [0.29, 0.717) is 5.88 Å². The van der Waals surface area contributed by atoms with Crippen molar-refractivity contribution in [2.75, 3.05) is 7.11 Å². The minimum absolute atomic E-state index is 0.524. The van der Waals surface area contributed by atoms with E-state index < -0.39 is 0 Å². The molecule has 2 heterocycles. The lowest BCUT2D eigenvalue weighted by molar-refractivity contribution is 0.390. The number of nitrogens with one attached hydrogen (secondary N) is 1. The minimum Gasteiger partial charge on any atom is -0.480 e. The number of aromatic nitrogens is 3. The van der Waals surface area contributed by atoms with Crippen LogP contribution in [0, 0.1) is 0 Å². The third kappa shape index (κ3) is 2.17. The molecular formula is C13H11N3OS. The van der Waals surface area contributed by atoms with Crippen molar-refractivity contribution in [2.45, 2.75) is 10.1 Å². The Labute approximate surface area is 108 Å². The van der Waals surface area contributed by atoms with Gasteiger partial charge in [-0.15, -0.1) is 10.2 Å². The molecule has 5 heteroatoms. The van der Waals surface area contributed by atoms with Gasteiger partial charge in [-0.25, -0.2) is 0 Å². The van der Waals surface area contributed by atoms with Crippen LogP contribution in [0.4, 0.5) is 0 Å². The second kappa shape index (κ2) is 4.70. The molecule has 0 saturated carbocycles. The summed E-state index contributed by atoms with van der Waals surface area (Å²) >= 11 is 1.55. The Kier molecular flexibility index (Phi) is 2.90. The second-order valence-corrected chi connectivity index (χ2v) is 4.80. The van der Waals surface area contributed by atoms with Crippen molar-refractivity contribution in [3.63, 3.8) is 0 Å². The molecule has 0 fully saturated rings. The molecular weight excluding hydrogens is 246 g/mol. The predicted octanol–water partition coefficient (Wildman–Crippen LogP) is 3.12. The molecule has 0 radical (unpaired) electrons. The zero-order valence-electron chi connectivity index (χ0n) is 9.75. The molecule has 0 aliphatic rings. The first-order chi connectivity index (χ1) is 8.85. The van der Waals surface area contributed by atoms with Crippen molar-refractivity contribution in [3.8, 4) is 5.88 Å². The summed E-state index contributed by atoms with van der Waals surface area (Å²) in [5.74, 6) is 0.524. The van der Waals surface area contributed by atoms with E-state index in [4.69, 9.17) is 4.74 Å². The Morgan fingerprint density at radius 2 is 2.00 bits per heavy atom. The predicted molar refractivity (Wildman–Crippen MR) is 71.0 cm³/mol. The van der Waals surface area contributed by atoms with Gasteiger partial charge in [-0.3, -0.25) is 0 Å². The second-order valence-electron chi connectivity index (χ2n) is 3.74. The number of benzene rings is 1. The number of nitrogens with zero attached hydrogens (tertiary/aromatic N) is 2. The van der Waals surface area contributed by atoms with Crippen LogP contribution in [0.2, 0.25) is 0 Å². The van der Waals surface area contributed by atoms with Crippen molar-refractivity contribution >= 4 is 22.7 Å². The van der Waals surface area contributed by atoms with Crippen LogP contribution in [0.5, 0.6) is 5.88 Å². The van der Waals surface area contributed by atoms with E-state index in [0.717, 1.165) is 15.6 Å². The number of hydrogen-bond acceptors (Lipinski definition) is 4. The Hall–Kier alpha value is -2.01. The molecule has 18 heavy (non-hydrogen) atoms. The third-order valence-corrected chi connectivity index (χ3v) is 3.41. The quantitative estimate of drug-likeness (QED) is 0.783. The molecule has 0 unspecified atom stereocenters. The molecule has 0 amide bonds. The molecule has 1 N–H and O–H groups in total. The van der Waals surface area contributed by atoms with Crippen molar-refractivity contribution in [1.29, 1.82) is 0 Å². The van der Waals surface area contributed by atoms with Gasteiger partial charge in [0.15, 0.2) is 0 Å². The topological polar surface area (TPSA) is 50.8 Å². The van der Waals surface area contributed by atoms with E-state index in [1.807, 2.05) is 18.2 Å². The summed E-state index contributed by atoms with van der Waals surface area (Å²) in [6, 6.07) is 14.0. The van der Waals surface area contributed by atoms with Crippen LogP contribution in [0.1, 0.15) is 0 Å². The first-order valence-electron chi connectivity index (χ1n) is 5.48. The molecule has 1 aromatic carbocycles. The average Bonchev–Trinajstić information content (AvgIpc) is 2.82. The van der Waals surface area contributed by atoms with Gasteiger partial charge in [0.25, 0.3) is 0 Å². The van der Waals surface area contributed by atoms with Gasteiger partial charge in [0, 0.05) is 17.0 Å². The monoisotopic (exact) mass is 257 g/mol. The van der Waals surface area contributed by atoms with Gasteiger partial charge in [0.05, 0.1) is 12.1 Å². The summed E-state index contributed by atoms with van der Waals surface area (Å²) in [6.07, 6.45) is 0. The van der Waals surface area contributed by atoms with Crippen LogP contribution < -0.4 is 4.74 Å². The fourth-order valence-electron chi connectivity index (χ4n) is 1.69. The van der Waals surface area contributed by atoms with Crippen molar-refractivity contribution in [3.05, 3.63) is 42.5 Å². The smallest absolute Gasteiger partial charge is 0.233 e. The molecule has 90 valence electrons. The number of rotatable bonds is 3. The summed E-state index contributed by atoms with van der Waals surface area (Å²) in [5, 5.41) is 11.1. The SMILES string of the molecule is COc1ccc(Sc2cc3ccccc3[nH]2)nn1. The van der Waals surface area contributed by atoms with E-state index in [1.165, 1.54) is 5.39 Å². The zero-order chi connectivity index (χ0) is 12.4. The Morgan fingerprint density at radius 3 is 2.72 bits per heavy atom. The lowest BCUT2D eigenvalue weighted by atomic mass is 10.3. The van der Waals surface area contributed by atoms with Gasteiger partial charge in [-0.05, 0) is 18.2 Å². The number of methoxy groups -OCH3 is 1. The first-order valence-corrected chi connectivity index (χ1v) is 6.30. The van der Waals surface area contributed by atoms with E-state index in [-0.39, 0.29) is 0 Å². The fourth-order valence-corrected chi connectivity index (χ4v) is 2.48. The summed E-state index contributed by atoms with van der Waals surface area (Å²) in [6.45, 7) is 0. The molecule has 3 rings (SSSR count). The fraction of sp³-hybridized carbons (Fsp3) is 0.0769. The molecule has 0 aliphatic heterocycles. The summed E-state index contributed by atoms with van der Waals surface area (Å²) in [5.41, 5.74) is 1.13. The largest absolute Gasteiger partial charge is 0.480 e. The van der Waals surface area contributed by atoms with Crippen LogP contribution >= 0.6 is 11.8 Å². The molecule has 0 spiro atoms. The van der Waals surface area contributed by atoms with Gasteiger partial charge in [-0.2, -0.15) is 0 Å². The average molecular weight is 257 g/mol. The molecule has 0 bridgehead atoms. The van der Waals surface area contributed by atoms with Gasteiger partial charge < -0.3 is 9.72 Å². The Bertz CT molecular complexity index is 630. The minimum atomic E-state index is 0.524. The molecule has 0 saturated heterocycles. The summed E-state index contributed by atoms with van der Waals surface area (Å²) in [4.78, 5) is 3.34. The van der Waals surface area contributed by atoms with E-state index >= 15 is 0 Å². The van der Waals surface area contributed by atoms with Crippen molar-refractivity contribution in [2.24, 2.45) is 0 Å². The van der Waals surface area contributed by atoms with Crippen LogP contribution in [0.15, 0.2) is 52.5 Å². The first kappa shape index (κ1) is 11.1. The maximum Gasteiger partial charge on any atom is 0.233 e. The highest BCUT2D eigenvalue weighted by atomic mass is 32.2. The summed E-state index contributed by atoms with van der Waals surface area (Å²) < 4.78 is 4.98. The number of para-hydroxylation sites is 1. The highest BCUT2D eigenvalue weighted by Gasteiger charge is 2.04. The number of aromatic amines is 1. The lowest BCUT2D eigenvalue weighted by Gasteiger charge is -1.98. The van der Waals surface area contributed by atoms with Crippen LogP contribution in [0.3, 0.4) is 0 Å². The maximum absolute atomic E-state index is 4.98. The van der Waals surface area contributed by atoms with Gasteiger partial charge in [0.2, 0.25) is 5.88 Å². The van der Waals surface area contributed by atoms with Crippen LogP contribution in [0.25, 0.3) is 10.9 Å². The van der Waals surface area contributed by atoms with Gasteiger partial charge in [0.1, 0.15) is 5.03 Å². The summed E-state index contributed by atoms with van der Waals surface area (Å²) in [7, 11) is 1.58. The molecule has 0 atom stereocenters. The van der Waals surface area contributed by atoms with Gasteiger partial charge in [-0.1, -0.05) is 30.0 Å². The van der Waals surface area contributed by atoms with E-state index in [9.17, 15) is 0 Å². The highest BCUT2D eigenvalue weighted by molar-refractivity contribution is 7.99. The third-order valence-electron chi connectivity index (χ3n) is 2.54. The number of hydrogen-bond donors (Lipinski definition) is 1. The molecule has 3 aromatic rings.